The molecule has 29 heavy (non-hydrogen) atoms. The van der Waals surface area contributed by atoms with Gasteiger partial charge in [0.2, 0.25) is 5.91 Å². The highest BCUT2D eigenvalue weighted by Gasteiger charge is 2.73. The summed E-state index contributed by atoms with van der Waals surface area (Å²) in [4.78, 5) is 14.0. The Morgan fingerprint density at radius 1 is 1.07 bits per heavy atom. The molecule has 0 spiro atoms. The summed E-state index contributed by atoms with van der Waals surface area (Å²) < 4.78 is 0. The van der Waals surface area contributed by atoms with Gasteiger partial charge in [-0.1, -0.05) is 43.7 Å². The zero-order chi connectivity index (χ0) is 20.1. The van der Waals surface area contributed by atoms with Gasteiger partial charge in [-0.05, 0) is 99.0 Å². The third-order valence-corrected chi connectivity index (χ3v) is 9.39. The third-order valence-electron chi connectivity index (χ3n) is 9.39. The maximum absolute atomic E-state index is 14.0. The minimum atomic E-state index is -0.132. The van der Waals surface area contributed by atoms with E-state index in [2.05, 4.69) is 42.6 Å². The third kappa shape index (κ3) is 2.91. The molecule has 5 fully saturated rings. The second-order valence-electron chi connectivity index (χ2n) is 11.0. The Morgan fingerprint density at radius 3 is 2.52 bits per heavy atom. The zero-order valence-electron chi connectivity index (χ0n) is 18.1. The van der Waals surface area contributed by atoms with Crippen LogP contribution in [0.5, 0.6) is 0 Å². The van der Waals surface area contributed by atoms with Crippen LogP contribution in [0.25, 0.3) is 0 Å². The molecule has 0 radical (unpaired) electrons. The van der Waals surface area contributed by atoms with Gasteiger partial charge in [0.15, 0.2) is 0 Å². The van der Waals surface area contributed by atoms with Crippen LogP contribution in [0, 0.1) is 22.7 Å². The van der Waals surface area contributed by atoms with Gasteiger partial charge in [-0.2, -0.15) is 0 Å². The second kappa shape index (κ2) is 7.11. The minimum Gasteiger partial charge on any atom is -0.353 e. The molecule has 0 aromatic heterocycles. The first-order valence-corrected chi connectivity index (χ1v) is 12.1. The summed E-state index contributed by atoms with van der Waals surface area (Å²) in [6.07, 6.45) is 13.0. The SMILES string of the molecule is CCC[C@]12CC3CC1(C(=O)N[C@H]1CC[C@H](CN)CC1)C[C@@](c1ccccc1)(C3)C2. The predicted octanol–water partition coefficient (Wildman–Crippen LogP) is 4.94. The van der Waals surface area contributed by atoms with Crippen molar-refractivity contribution in [3.05, 3.63) is 35.9 Å². The Kier molecular flexibility index (Phi) is 4.81. The number of nitrogens with one attached hydrogen (secondary N) is 1. The fourth-order valence-corrected chi connectivity index (χ4v) is 8.46. The highest BCUT2D eigenvalue weighted by molar-refractivity contribution is 5.86. The van der Waals surface area contributed by atoms with Gasteiger partial charge in [0, 0.05) is 6.04 Å². The normalized spacial score (nSPS) is 42.9. The first-order chi connectivity index (χ1) is 14.0. The van der Waals surface area contributed by atoms with Crippen molar-refractivity contribution < 1.29 is 4.79 Å². The highest BCUT2D eigenvalue weighted by atomic mass is 16.2. The summed E-state index contributed by atoms with van der Waals surface area (Å²) in [5.41, 5.74) is 7.68. The van der Waals surface area contributed by atoms with Crippen LogP contribution in [0.15, 0.2) is 30.3 Å². The molecule has 1 aromatic rings. The van der Waals surface area contributed by atoms with Crippen LogP contribution in [-0.2, 0) is 10.2 Å². The fourth-order valence-electron chi connectivity index (χ4n) is 8.46. The van der Waals surface area contributed by atoms with E-state index >= 15 is 0 Å². The van der Waals surface area contributed by atoms with E-state index < -0.39 is 0 Å². The standard InChI is InChI=1S/C26H38N2O/c1-2-12-25-14-20-13-24(17-25,21-6-4-3-5-7-21)18-26(25,15-20)23(29)28-22-10-8-19(16-27)9-11-22/h3-7,19-20,22H,2,8-18,27H2,1H3,(H,28,29)/t19-,20?,22-,24-,25-,26?/m1/s1. The van der Waals surface area contributed by atoms with Crippen LogP contribution in [0.2, 0.25) is 0 Å². The number of rotatable bonds is 6. The van der Waals surface area contributed by atoms with Crippen molar-refractivity contribution in [3.63, 3.8) is 0 Å². The summed E-state index contributed by atoms with van der Waals surface area (Å²) in [7, 11) is 0. The fraction of sp³-hybridized carbons (Fsp3) is 0.731. The average Bonchev–Trinajstić information content (AvgIpc) is 3.08. The number of nitrogens with two attached hydrogens (primary N) is 1. The van der Waals surface area contributed by atoms with E-state index in [1.165, 1.54) is 50.5 Å². The molecule has 5 saturated carbocycles. The van der Waals surface area contributed by atoms with Crippen molar-refractivity contribution in [2.45, 2.75) is 89.0 Å². The number of carbonyl (C=O) groups excluding carboxylic acids is 1. The number of carbonyl (C=O) groups is 1. The summed E-state index contributed by atoms with van der Waals surface area (Å²) in [6.45, 7) is 3.11. The Morgan fingerprint density at radius 2 is 1.83 bits per heavy atom. The highest BCUT2D eigenvalue weighted by Crippen LogP contribution is 2.77. The molecular formula is C26H38N2O. The van der Waals surface area contributed by atoms with Crippen LogP contribution >= 0.6 is 0 Å². The molecule has 0 aliphatic heterocycles. The Bertz CT molecular complexity index is 755. The van der Waals surface area contributed by atoms with Crippen molar-refractivity contribution >= 4 is 5.91 Å². The number of hydrogen-bond acceptors (Lipinski definition) is 2. The van der Waals surface area contributed by atoms with Crippen molar-refractivity contribution in [1.82, 2.24) is 5.32 Å². The van der Waals surface area contributed by atoms with Gasteiger partial charge < -0.3 is 11.1 Å². The Balaban J connectivity index is 1.43. The smallest absolute Gasteiger partial charge is 0.227 e. The molecule has 2 unspecified atom stereocenters. The van der Waals surface area contributed by atoms with Crippen molar-refractivity contribution in [2.24, 2.45) is 28.4 Å². The van der Waals surface area contributed by atoms with Crippen molar-refractivity contribution in [1.29, 1.82) is 0 Å². The largest absolute Gasteiger partial charge is 0.353 e. The predicted molar refractivity (Wildman–Crippen MR) is 117 cm³/mol. The molecule has 0 saturated heterocycles. The molecule has 5 aliphatic carbocycles. The molecule has 5 aliphatic rings. The van der Waals surface area contributed by atoms with Crippen LogP contribution in [0.4, 0.5) is 0 Å². The van der Waals surface area contributed by atoms with E-state index in [0.29, 0.717) is 17.9 Å². The van der Waals surface area contributed by atoms with Gasteiger partial charge in [0.25, 0.3) is 0 Å². The van der Waals surface area contributed by atoms with Gasteiger partial charge in [0.05, 0.1) is 5.41 Å². The first-order valence-electron chi connectivity index (χ1n) is 12.1. The Hall–Kier alpha value is -1.35. The Labute approximate surface area is 176 Å². The lowest BCUT2D eigenvalue weighted by atomic mass is 9.63. The van der Waals surface area contributed by atoms with Crippen LogP contribution < -0.4 is 11.1 Å². The van der Waals surface area contributed by atoms with Gasteiger partial charge in [0.1, 0.15) is 0 Å². The monoisotopic (exact) mass is 394 g/mol. The molecule has 1 amide bonds. The van der Waals surface area contributed by atoms with Crippen molar-refractivity contribution in [2.75, 3.05) is 6.54 Å². The molecule has 3 N–H and O–H groups in total. The molecule has 0 heterocycles. The first kappa shape index (κ1) is 19.6. The lowest BCUT2D eigenvalue weighted by molar-refractivity contribution is -0.137. The second-order valence-corrected chi connectivity index (χ2v) is 11.0. The molecule has 3 heteroatoms. The molecular weight excluding hydrogens is 356 g/mol. The molecule has 158 valence electrons. The lowest BCUT2D eigenvalue weighted by Crippen LogP contribution is -2.51. The maximum Gasteiger partial charge on any atom is 0.227 e. The van der Waals surface area contributed by atoms with E-state index in [-0.39, 0.29) is 16.2 Å². The summed E-state index contributed by atoms with van der Waals surface area (Å²) >= 11 is 0. The van der Waals surface area contributed by atoms with Gasteiger partial charge in [-0.25, -0.2) is 0 Å². The summed E-state index contributed by atoms with van der Waals surface area (Å²) in [5, 5.41) is 3.58. The number of benzene rings is 1. The maximum atomic E-state index is 14.0. The van der Waals surface area contributed by atoms with E-state index in [1.54, 1.807) is 0 Å². The van der Waals surface area contributed by atoms with Crippen LogP contribution in [0.3, 0.4) is 0 Å². The van der Waals surface area contributed by atoms with Gasteiger partial charge >= 0.3 is 0 Å². The number of amides is 1. The molecule has 6 rings (SSSR count). The van der Waals surface area contributed by atoms with E-state index in [0.717, 1.165) is 38.1 Å². The lowest BCUT2D eigenvalue weighted by Gasteiger charge is -2.41. The quantitative estimate of drug-likeness (QED) is 0.718. The van der Waals surface area contributed by atoms with Crippen LogP contribution in [-0.4, -0.2) is 18.5 Å². The molecule has 4 atom stereocenters. The molecule has 3 nitrogen and oxygen atoms in total. The van der Waals surface area contributed by atoms with E-state index in [1.807, 2.05) is 0 Å². The molecule has 4 bridgehead atoms. The van der Waals surface area contributed by atoms with Crippen LogP contribution in [0.1, 0.15) is 83.1 Å². The summed E-state index contributed by atoms with van der Waals surface area (Å²) in [5.74, 6) is 1.79. The zero-order valence-corrected chi connectivity index (χ0v) is 18.1. The van der Waals surface area contributed by atoms with Gasteiger partial charge in [-0.15, -0.1) is 0 Å². The topological polar surface area (TPSA) is 55.1 Å². The van der Waals surface area contributed by atoms with Gasteiger partial charge in [-0.3, -0.25) is 4.79 Å². The minimum absolute atomic E-state index is 0.132. The van der Waals surface area contributed by atoms with Crippen molar-refractivity contribution in [3.8, 4) is 0 Å². The van der Waals surface area contributed by atoms with E-state index in [9.17, 15) is 4.79 Å². The summed E-state index contributed by atoms with van der Waals surface area (Å²) in [6, 6.07) is 11.5. The van der Waals surface area contributed by atoms with E-state index in [4.69, 9.17) is 5.73 Å². The molecule has 1 aromatic carbocycles. The average molecular weight is 395 g/mol. The number of hydrogen-bond donors (Lipinski definition) is 2.